The van der Waals surface area contributed by atoms with Crippen LogP contribution < -0.4 is 5.46 Å². The normalized spacial score (nSPS) is 18.3. The minimum atomic E-state index is -0.332. The van der Waals surface area contributed by atoms with Crippen molar-refractivity contribution >= 4 is 58.0 Å². The van der Waals surface area contributed by atoms with E-state index in [9.17, 15) is 0 Å². The van der Waals surface area contributed by atoms with Crippen LogP contribution in [0.25, 0.3) is 33.2 Å². The Balaban J connectivity index is 0.000000143. The van der Waals surface area contributed by atoms with Gasteiger partial charge in [-0.2, -0.15) is 0 Å². The second kappa shape index (κ2) is 13.5. The fraction of sp³-hybridized carbons (Fsp3) is 0.316. The van der Waals surface area contributed by atoms with E-state index in [1.54, 1.807) is 12.4 Å². The highest BCUT2D eigenvalue weighted by atomic mass is 79.9. The molecule has 0 atom stereocenters. The lowest BCUT2D eigenvalue weighted by molar-refractivity contribution is 0.00578. The monoisotopic (exact) mass is 719 g/mol. The van der Waals surface area contributed by atoms with Gasteiger partial charge in [0.05, 0.1) is 57.2 Å². The molecule has 49 heavy (non-hydrogen) atoms. The highest BCUT2D eigenvalue weighted by Crippen LogP contribution is 2.37. The average Bonchev–Trinajstić information content (AvgIpc) is 3.80. The predicted molar refractivity (Wildman–Crippen MR) is 202 cm³/mol. The number of halogens is 1. The lowest BCUT2D eigenvalue weighted by atomic mass is 9.78. The van der Waals surface area contributed by atoms with Crippen molar-refractivity contribution in [1.29, 1.82) is 0 Å². The zero-order chi connectivity index (χ0) is 35.0. The van der Waals surface area contributed by atoms with E-state index in [0.29, 0.717) is 0 Å². The van der Waals surface area contributed by atoms with Gasteiger partial charge in [-0.1, -0.05) is 28.1 Å². The summed E-state index contributed by atoms with van der Waals surface area (Å²) in [7, 11) is 1.08. The topological polar surface area (TPSA) is 72.6 Å². The Hall–Kier alpha value is -3.73. The lowest BCUT2D eigenvalue weighted by Crippen LogP contribution is -2.41. The van der Waals surface area contributed by atoms with E-state index in [1.165, 1.54) is 18.6 Å². The van der Waals surface area contributed by atoms with Crippen LogP contribution in [0.1, 0.15) is 55.4 Å². The molecular formula is C38H42B2BrN4O4. The van der Waals surface area contributed by atoms with Gasteiger partial charge in [0.2, 0.25) is 0 Å². The summed E-state index contributed by atoms with van der Waals surface area (Å²) in [6, 6.07) is 24.8. The van der Waals surface area contributed by atoms with Crippen LogP contribution in [0, 0.1) is 0 Å². The van der Waals surface area contributed by atoms with Crippen LogP contribution in [0.3, 0.4) is 0 Å². The summed E-state index contributed by atoms with van der Waals surface area (Å²) in [5.41, 5.74) is 4.49. The maximum atomic E-state index is 6.15. The van der Waals surface area contributed by atoms with Gasteiger partial charge in [-0.3, -0.25) is 9.97 Å². The van der Waals surface area contributed by atoms with Gasteiger partial charge in [0.15, 0.2) is 0 Å². The number of benzene rings is 2. The van der Waals surface area contributed by atoms with Crippen molar-refractivity contribution < 1.29 is 18.6 Å². The van der Waals surface area contributed by atoms with E-state index in [1.807, 2.05) is 52.2 Å². The predicted octanol–water partition coefficient (Wildman–Crippen LogP) is 8.24. The molecule has 2 fully saturated rings. The first-order chi connectivity index (χ1) is 23.2. The molecule has 0 aliphatic carbocycles. The van der Waals surface area contributed by atoms with Crippen molar-refractivity contribution in [3.63, 3.8) is 0 Å². The van der Waals surface area contributed by atoms with Crippen molar-refractivity contribution in [2.75, 3.05) is 0 Å². The number of rotatable bonds is 3. The van der Waals surface area contributed by atoms with Gasteiger partial charge < -0.3 is 27.8 Å². The van der Waals surface area contributed by atoms with Crippen LogP contribution >= 0.6 is 15.9 Å². The molecule has 0 bridgehead atoms. The van der Waals surface area contributed by atoms with Crippen LogP contribution in [0.5, 0.6) is 0 Å². The van der Waals surface area contributed by atoms with Crippen molar-refractivity contribution in [1.82, 2.24) is 19.1 Å². The van der Waals surface area contributed by atoms with Crippen molar-refractivity contribution in [2.45, 2.75) is 77.8 Å². The average molecular weight is 720 g/mol. The molecule has 6 heterocycles. The summed E-state index contributed by atoms with van der Waals surface area (Å²) in [5.74, 6) is 0. The third-order valence-electron chi connectivity index (χ3n) is 9.88. The van der Waals surface area contributed by atoms with Crippen molar-refractivity contribution in [3.05, 3.63) is 114 Å². The Kier molecular flexibility index (Phi) is 9.69. The number of hydrogen-bond acceptors (Lipinski definition) is 6. The minimum absolute atomic E-state index is 0.187. The summed E-state index contributed by atoms with van der Waals surface area (Å²) in [6.45, 7) is 16.3. The van der Waals surface area contributed by atoms with Gasteiger partial charge in [-0.05, 0) is 127 Å². The number of fused-ring (bicyclic) bond motifs is 2. The minimum Gasteiger partial charge on any atom is -0.405 e. The first kappa shape index (κ1) is 35.1. The van der Waals surface area contributed by atoms with Gasteiger partial charge >= 0.3 is 14.8 Å². The molecule has 8 rings (SSSR count). The largest absolute Gasteiger partial charge is 0.494 e. The Labute approximate surface area is 298 Å². The third-order valence-corrected chi connectivity index (χ3v) is 10.4. The van der Waals surface area contributed by atoms with Crippen LogP contribution in [-0.2, 0) is 18.6 Å². The summed E-state index contributed by atoms with van der Waals surface area (Å²) >= 11 is 3.48. The van der Waals surface area contributed by atoms with E-state index in [-0.39, 0.29) is 29.5 Å². The van der Waals surface area contributed by atoms with E-state index >= 15 is 0 Å². The molecular weight excluding hydrogens is 678 g/mol. The van der Waals surface area contributed by atoms with Gasteiger partial charge in [0.25, 0.3) is 0 Å². The molecule has 11 heteroatoms. The van der Waals surface area contributed by atoms with E-state index < -0.39 is 0 Å². The number of hydrogen-bond donors (Lipinski definition) is 0. The van der Waals surface area contributed by atoms with Crippen LogP contribution in [0.4, 0.5) is 0 Å². The first-order valence-electron chi connectivity index (χ1n) is 16.4. The lowest BCUT2D eigenvalue weighted by Gasteiger charge is -2.32. The molecule has 6 aromatic rings. The smallest absolute Gasteiger partial charge is 0.405 e. The van der Waals surface area contributed by atoms with Crippen LogP contribution in [0.15, 0.2) is 114 Å². The SMILES string of the molecule is Brc1ccc2c(ccn2-c2cccnc2)c1.CC1(C)OB(c2ccc3c(ccn3-c3cccnc3)c2)OC1(C)C.CC1(C)O[B]OC1(C)C. The maximum absolute atomic E-state index is 6.15. The summed E-state index contributed by atoms with van der Waals surface area (Å²) < 4.78 is 28.1. The molecule has 0 amide bonds. The van der Waals surface area contributed by atoms with Gasteiger partial charge in [-0.25, -0.2) is 0 Å². The van der Waals surface area contributed by atoms with E-state index in [4.69, 9.17) is 18.6 Å². The highest BCUT2D eigenvalue weighted by Gasteiger charge is 2.51. The molecule has 2 aliphatic rings. The third kappa shape index (κ3) is 7.28. The van der Waals surface area contributed by atoms with Crippen molar-refractivity contribution in [2.24, 2.45) is 0 Å². The summed E-state index contributed by atoms with van der Waals surface area (Å²) in [6.07, 6.45) is 11.4. The zero-order valence-electron chi connectivity index (χ0n) is 29.3. The Morgan fingerprint density at radius 2 is 1.10 bits per heavy atom. The molecule has 0 unspecified atom stereocenters. The molecule has 0 spiro atoms. The maximum Gasteiger partial charge on any atom is 0.494 e. The fourth-order valence-corrected chi connectivity index (χ4v) is 5.77. The summed E-state index contributed by atoms with van der Waals surface area (Å²) in [5, 5.41) is 2.38. The standard InChI is InChI=1S/C19H21BN2O2.C13H9BrN2.C6H12BO2/c1-18(2)19(3,4)24-20(23-18)15-7-8-17-14(12-15)9-11-22(17)16-6-5-10-21-13-16;14-11-3-4-13-10(8-11)5-7-16(13)12-2-1-6-15-9-12;1-5(2)6(3,4)9-7-8-5/h5-13H,1-4H3;1-9H;1-4H3. The Morgan fingerprint density at radius 3 is 1.55 bits per heavy atom. The molecule has 251 valence electrons. The molecule has 8 nitrogen and oxygen atoms in total. The zero-order valence-corrected chi connectivity index (χ0v) is 30.9. The van der Waals surface area contributed by atoms with Crippen LogP contribution in [0.2, 0.25) is 0 Å². The van der Waals surface area contributed by atoms with Crippen molar-refractivity contribution in [3.8, 4) is 11.4 Å². The Morgan fingerprint density at radius 1 is 0.612 bits per heavy atom. The van der Waals surface area contributed by atoms with Gasteiger partial charge in [0, 0.05) is 34.6 Å². The molecule has 2 saturated heterocycles. The van der Waals surface area contributed by atoms with Crippen LogP contribution in [-0.4, -0.2) is 56.3 Å². The molecule has 4 aromatic heterocycles. The molecule has 0 N–H and O–H groups in total. The van der Waals surface area contributed by atoms with Gasteiger partial charge in [-0.15, -0.1) is 0 Å². The molecule has 1 radical (unpaired) electrons. The second-order valence-electron chi connectivity index (χ2n) is 14.3. The van der Waals surface area contributed by atoms with E-state index in [0.717, 1.165) is 32.2 Å². The first-order valence-corrected chi connectivity index (χ1v) is 17.2. The fourth-order valence-electron chi connectivity index (χ4n) is 5.39. The molecule has 2 aliphatic heterocycles. The number of aromatic nitrogens is 4. The number of nitrogens with zero attached hydrogens (tertiary/aromatic N) is 4. The molecule has 0 saturated carbocycles. The second-order valence-corrected chi connectivity index (χ2v) is 15.2. The van der Waals surface area contributed by atoms with Gasteiger partial charge in [0.1, 0.15) is 0 Å². The van der Waals surface area contributed by atoms with E-state index in [2.05, 4.69) is 136 Å². The summed E-state index contributed by atoms with van der Waals surface area (Å²) in [4.78, 5) is 8.33. The number of pyridine rings is 2. The Bertz CT molecular complexity index is 2010. The highest BCUT2D eigenvalue weighted by molar-refractivity contribution is 9.10. The quantitative estimate of drug-likeness (QED) is 0.172. The molecule has 2 aromatic carbocycles.